The fraction of sp³-hybridized carbons (Fsp3) is 0.389. The maximum absolute atomic E-state index is 12.3. The van der Waals surface area contributed by atoms with E-state index in [0.717, 1.165) is 25.7 Å². The Balaban J connectivity index is 1.47. The second-order valence-corrected chi connectivity index (χ2v) is 8.22. The molecule has 8 heteroatoms. The minimum Gasteiger partial charge on any atom is -0.342 e. The molecule has 2 aromatic heterocycles. The number of rotatable bonds is 4. The van der Waals surface area contributed by atoms with Gasteiger partial charge >= 0.3 is 0 Å². The highest BCUT2D eigenvalue weighted by Gasteiger charge is 2.16. The molecule has 0 bridgehead atoms. The monoisotopic (exact) mass is 391 g/mol. The third kappa shape index (κ3) is 4.92. The van der Waals surface area contributed by atoms with Crippen LogP contribution in [0, 0.1) is 0 Å². The number of aryl methyl sites for hydroxylation is 2. The smallest absolute Gasteiger partial charge is 0.279 e. The summed E-state index contributed by atoms with van der Waals surface area (Å²) in [6.45, 7) is -0.196. The molecular formula is C18H21N3O3S2. The van der Waals surface area contributed by atoms with Crippen molar-refractivity contribution in [2.75, 3.05) is 6.54 Å². The highest BCUT2D eigenvalue weighted by atomic mass is 32.1. The fourth-order valence-corrected chi connectivity index (χ4v) is 4.63. The molecule has 0 spiro atoms. The van der Waals surface area contributed by atoms with Crippen LogP contribution in [0.2, 0.25) is 0 Å². The van der Waals surface area contributed by atoms with Gasteiger partial charge in [0.1, 0.15) is 0 Å². The summed E-state index contributed by atoms with van der Waals surface area (Å²) in [5.41, 5.74) is 6.02. The molecule has 2 aromatic rings. The van der Waals surface area contributed by atoms with Gasteiger partial charge in [0.05, 0.1) is 16.3 Å². The molecule has 3 rings (SSSR count). The molecule has 0 saturated heterocycles. The number of hydrogen-bond donors (Lipinski definition) is 3. The van der Waals surface area contributed by atoms with Gasteiger partial charge in [-0.15, -0.1) is 22.7 Å². The first-order valence-electron chi connectivity index (χ1n) is 8.66. The average molecular weight is 392 g/mol. The van der Waals surface area contributed by atoms with Gasteiger partial charge < -0.3 is 5.32 Å². The molecule has 2 heterocycles. The van der Waals surface area contributed by atoms with E-state index in [2.05, 4.69) is 16.2 Å². The van der Waals surface area contributed by atoms with Gasteiger partial charge in [0.25, 0.3) is 17.7 Å². The lowest BCUT2D eigenvalue weighted by atomic mass is 10.00. The van der Waals surface area contributed by atoms with Crippen molar-refractivity contribution in [1.29, 1.82) is 0 Å². The number of amides is 3. The number of carbonyl (C=O) groups is 3. The predicted molar refractivity (Wildman–Crippen MR) is 102 cm³/mol. The molecule has 0 aromatic carbocycles. The first-order chi connectivity index (χ1) is 12.6. The Bertz CT molecular complexity index is 758. The maximum atomic E-state index is 12.3. The summed E-state index contributed by atoms with van der Waals surface area (Å²) in [7, 11) is 0. The van der Waals surface area contributed by atoms with Crippen molar-refractivity contribution in [3.63, 3.8) is 0 Å². The third-order valence-electron chi connectivity index (χ3n) is 4.19. The fourth-order valence-electron chi connectivity index (χ4n) is 2.84. The van der Waals surface area contributed by atoms with Crippen LogP contribution in [0.25, 0.3) is 0 Å². The summed E-state index contributed by atoms with van der Waals surface area (Å²) in [6.07, 6.45) is 6.84. The summed E-state index contributed by atoms with van der Waals surface area (Å²) in [5.74, 6) is -1.10. The molecule has 26 heavy (non-hydrogen) atoms. The molecule has 3 N–H and O–H groups in total. The van der Waals surface area contributed by atoms with Crippen molar-refractivity contribution >= 4 is 40.4 Å². The molecule has 1 aliphatic carbocycles. The number of fused-ring (bicyclic) bond motifs is 1. The zero-order valence-electron chi connectivity index (χ0n) is 14.3. The van der Waals surface area contributed by atoms with Crippen molar-refractivity contribution in [3.8, 4) is 0 Å². The van der Waals surface area contributed by atoms with Crippen LogP contribution < -0.4 is 16.2 Å². The Labute approximate surface area is 160 Å². The van der Waals surface area contributed by atoms with E-state index < -0.39 is 5.91 Å². The minimum absolute atomic E-state index is 0.196. The van der Waals surface area contributed by atoms with Crippen molar-refractivity contribution < 1.29 is 14.4 Å². The number of carbonyl (C=O) groups excluding carboxylic acids is 3. The van der Waals surface area contributed by atoms with Gasteiger partial charge in [0.2, 0.25) is 0 Å². The normalized spacial score (nSPS) is 13.8. The highest BCUT2D eigenvalue weighted by molar-refractivity contribution is 7.14. The molecule has 138 valence electrons. The van der Waals surface area contributed by atoms with Gasteiger partial charge in [-0.05, 0) is 48.8 Å². The van der Waals surface area contributed by atoms with E-state index >= 15 is 0 Å². The average Bonchev–Trinajstić information content (AvgIpc) is 3.28. The number of nitrogens with one attached hydrogen (secondary N) is 3. The van der Waals surface area contributed by atoms with Gasteiger partial charge in [-0.2, -0.15) is 0 Å². The number of hydrogen-bond acceptors (Lipinski definition) is 5. The Morgan fingerprint density at radius 3 is 2.54 bits per heavy atom. The maximum Gasteiger partial charge on any atom is 0.279 e. The largest absolute Gasteiger partial charge is 0.342 e. The van der Waals surface area contributed by atoms with Crippen LogP contribution in [-0.4, -0.2) is 24.3 Å². The zero-order chi connectivity index (χ0) is 18.4. The van der Waals surface area contributed by atoms with Gasteiger partial charge in [-0.1, -0.05) is 18.9 Å². The summed E-state index contributed by atoms with van der Waals surface area (Å²) >= 11 is 2.80. The van der Waals surface area contributed by atoms with E-state index in [1.807, 2.05) is 6.07 Å². The van der Waals surface area contributed by atoms with Crippen LogP contribution in [0.3, 0.4) is 0 Å². The van der Waals surface area contributed by atoms with E-state index in [9.17, 15) is 14.4 Å². The molecular weight excluding hydrogens is 370 g/mol. The highest BCUT2D eigenvalue weighted by Crippen LogP contribution is 2.28. The second kappa shape index (κ2) is 8.95. The third-order valence-corrected chi connectivity index (χ3v) is 6.29. The van der Waals surface area contributed by atoms with Crippen molar-refractivity contribution in [2.24, 2.45) is 0 Å². The summed E-state index contributed by atoms with van der Waals surface area (Å²) in [6, 6.07) is 5.39. The van der Waals surface area contributed by atoms with E-state index in [0.29, 0.717) is 9.75 Å². The van der Waals surface area contributed by atoms with Crippen molar-refractivity contribution in [1.82, 2.24) is 16.2 Å². The zero-order valence-corrected chi connectivity index (χ0v) is 15.9. The standard InChI is InChI=1S/C18H21N3O3S2/c22-16(11-19-17(23)14-8-5-9-25-14)20-21-18(24)15-10-12-6-3-1-2-4-7-13(12)26-15/h5,8-10H,1-4,6-7,11H2,(H,19,23)(H,20,22)(H,21,24). The van der Waals surface area contributed by atoms with Crippen molar-refractivity contribution in [3.05, 3.63) is 43.8 Å². The Morgan fingerprint density at radius 1 is 0.962 bits per heavy atom. The minimum atomic E-state index is -0.474. The lowest BCUT2D eigenvalue weighted by Gasteiger charge is -2.07. The van der Waals surface area contributed by atoms with Crippen molar-refractivity contribution in [2.45, 2.75) is 38.5 Å². The first-order valence-corrected chi connectivity index (χ1v) is 10.4. The van der Waals surface area contributed by atoms with Crippen LogP contribution in [0.5, 0.6) is 0 Å². The Hall–Kier alpha value is -2.19. The van der Waals surface area contributed by atoms with Gasteiger partial charge in [0.15, 0.2) is 0 Å². The molecule has 0 radical (unpaired) electrons. The molecule has 3 amide bonds. The summed E-state index contributed by atoms with van der Waals surface area (Å²) < 4.78 is 0. The topological polar surface area (TPSA) is 87.3 Å². The van der Waals surface area contributed by atoms with E-state index in [4.69, 9.17) is 0 Å². The van der Waals surface area contributed by atoms with Gasteiger partial charge in [-0.3, -0.25) is 25.2 Å². The second-order valence-electron chi connectivity index (χ2n) is 6.14. The molecule has 0 fully saturated rings. The van der Waals surface area contributed by atoms with Crippen LogP contribution in [-0.2, 0) is 17.6 Å². The molecule has 0 aliphatic heterocycles. The lowest BCUT2D eigenvalue weighted by molar-refractivity contribution is -0.120. The SMILES string of the molecule is O=C(CNC(=O)c1cccs1)NNC(=O)c1cc2c(s1)CCCCCC2. The van der Waals surface area contributed by atoms with Crippen LogP contribution in [0.4, 0.5) is 0 Å². The van der Waals surface area contributed by atoms with Crippen LogP contribution >= 0.6 is 22.7 Å². The quantitative estimate of drug-likeness (QED) is 0.700. The molecule has 1 aliphatic rings. The Kier molecular flexibility index (Phi) is 6.40. The van der Waals surface area contributed by atoms with Gasteiger partial charge in [-0.25, -0.2) is 0 Å². The first kappa shape index (κ1) is 18.6. The lowest BCUT2D eigenvalue weighted by Crippen LogP contribution is -2.46. The van der Waals surface area contributed by atoms with E-state index in [-0.39, 0.29) is 18.4 Å². The molecule has 6 nitrogen and oxygen atoms in total. The van der Waals surface area contributed by atoms with Gasteiger partial charge in [0, 0.05) is 4.88 Å². The predicted octanol–water partition coefficient (Wildman–Crippen LogP) is 2.66. The molecule has 0 saturated carbocycles. The van der Waals surface area contributed by atoms with E-state index in [1.54, 1.807) is 17.5 Å². The summed E-state index contributed by atoms with van der Waals surface area (Å²) in [4.78, 5) is 38.3. The molecule has 0 unspecified atom stereocenters. The Morgan fingerprint density at radius 2 is 1.77 bits per heavy atom. The number of hydrazine groups is 1. The summed E-state index contributed by atoms with van der Waals surface area (Å²) in [5, 5.41) is 4.30. The molecule has 0 atom stereocenters. The van der Waals surface area contributed by atoms with E-state index in [1.165, 1.54) is 46.0 Å². The van der Waals surface area contributed by atoms with Crippen LogP contribution in [0.15, 0.2) is 23.6 Å². The van der Waals surface area contributed by atoms with Crippen LogP contribution in [0.1, 0.15) is 55.5 Å². The number of thiophene rings is 2.